The lowest BCUT2D eigenvalue weighted by Gasteiger charge is -2.33. The van der Waals surface area contributed by atoms with Crippen LogP contribution in [0.1, 0.15) is 12.8 Å². The Labute approximate surface area is 123 Å². The van der Waals surface area contributed by atoms with Crippen molar-refractivity contribution in [3.05, 3.63) is 34.4 Å². The number of piperidine rings is 1. The molecule has 0 aliphatic carbocycles. The van der Waals surface area contributed by atoms with Crippen LogP contribution >= 0.6 is 0 Å². The zero-order valence-electron chi connectivity index (χ0n) is 11.8. The molecule has 1 aliphatic rings. The highest BCUT2D eigenvalue weighted by Crippen LogP contribution is 2.26. The fourth-order valence-corrected chi connectivity index (χ4v) is 2.57. The molecule has 0 aromatic heterocycles. The van der Waals surface area contributed by atoms with Crippen LogP contribution in [0.25, 0.3) is 0 Å². The van der Waals surface area contributed by atoms with Gasteiger partial charge in [0, 0.05) is 44.0 Å². The van der Waals surface area contributed by atoms with Gasteiger partial charge in [-0.25, -0.2) is 0 Å². The molecule has 0 spiro atoms. The maximum atomic E-state index is 12.0. The molecule has 1 amide bonds. The topological polar surface area (TPSA) is 102 Å². The summed E-state index contributed by atoms with van der Waals surface area (Å²) >= 11 is 0. The molecule has 1 heterocycles. The minimum atomic E-state index is -0.404. The van der Waals surface area contributed by atoms with E-state index in [1.165, 1.54) is 6.07 Å². The second-order valence-electron chi connectivity index (χ2n) is 5.14. The summed E-state index contributed by atoms with van der Waals surface area (Å²) in [6.45, 7) is 2.29. The summed E-state index contributed by atoms with van der Waals surface area (Å²) in [5.41, 5.74) is 6.24. The number of nitrogens with two attached hydrogens (primary N) is 1. The Morgan fingerprint density at radius 2 is 2.33 bits per heavy atom. The van der Waals surface area contributed by atoms with E-state index in [1.54, 1.807) is 12.1 Å². The standard InChI is InChI=1S/C14H20N4O3/c15-6-7-16-14(19)11-3-2-8-17(10-11)12-4-1-5-13(9-12)18(20)21/h1,4-5,9,11H,2-3,6-8,10,15H2,(H,16,19). The molecule has 0 bridgehead atoms. The number of nitro groups is 1. The molecular weight excluding hydrogens is 272 g/mol. The molecule has 0 saturated carbocycles. The third-order valence-electron chi connectivity index (χ3n) is 3.64. The number of rotatable bonds is 5. The third kappa shape index (κ3) is 3.91. The van der Waals surface area contributed by atoms with Crippen molar-refractivity contribution in [2.75, 3.05) is 31.1 Å². The maximum Gasteiger partial charge on any atom is 0.271 e. The molecule has 3 N–H and O–H groups in total. The first-order valence-electron chi connectivity index (χ1n) is 7.09. The van der Waals surface area contributed by atoms with Crippen molar-refractivity contribution in [2.24, 2.45) is 11.7 Å². The SMILES string of the molecule is NCCNC(=O)C1CCCN(c2cccc([N+](=O)[O-])c2)C1. The Morgan fingerprint density at radius 3 is 3.05 bits per heavy atom. The second kappa shape index (κ2) is 7.03. The molecule has 114 valence electrons. The van der Waals surface area contributed by atoms with Gasteiger partial charge in [0.2, 0.25) is 5.91 Å². The summed E-state index contributed by atoms with van der Waals surface area (Å²) in [5, 5.41) is 13.6. The molecule has 1 saturated heterocycles. The molecule has 1 aromatic carbocycles. The zero-order chi connectivity index (χ0) is 15.2. The Morgan fingerprint density at radius 1 is 1.52 bits per heavy atom. The van der Waals surface area contributed by atoms with Gasteiger partial charge in [-0.3, -0.25) is 14.9 Å². The predicted octanol–water partition coefficient (Wildman–Crippen LogP) is 0.886. The Kier molecular flexibility index (Phi) is 5.10. The monoisotopic (exact) mass is 292 g/mol. The molecular formula is C14H20N4O3. The van der Waals surface area contributed by atoms with Crippen LogP contribution in [0.5, 0.6) is 0 Å². The smallest absolute Gasteiger partial charge is 0.271 e. The van der Waals surface area contributed by atoms with Crippen molar-refractivity contribution in [3.8, 4) is 0 Å². The number of nitrogens with zero attached hydrogens (tertiary/aromatic N) is 2. The molecule has 1 unspecified atom stereocenters. The zero-order valence-corrected chi connectivity index (χ0v) is 11.8. The van der Waals surface area contributed by atoms with Gasteiger partial charge in [-0.1, -0.05) is 6.07 Å². The van der Waals surface area contributed by atoms with Gasteiger partial charge in [0.25, 0.3) is 5.69 Å². The number of nitro benzene ring substituents is 1. The highest BCUT2D eigenvalue weighted by Gasteiger charge is 2.26. The molecule has 2 rings (SSSR count). The van der Waals surface area contributed by atoms with Crippen LogP contribution in [0, 0.1) is 16.0 Å². The minimum absolute atomic E-state index is 0.00980. The van der Waals surface area contributed by atoms with Crippen LogP contribution in [0.4, 0.5) is 11.4 Å². The van der Waals surface area contributed by atoms with E-state index in [9.17, 15) is 14.9 Å². The van der Waals surface area contributed by atoms with E-state index in [2.05, 4.69) is 5.32 Å². The number of hydrogen-bond donors (Lipinski definition) is 2. The summed E-state index contributed by atoms with van der Waals surface area (Å²) in [6, 6.07) is 6.54. The lowest BCUT2D eigenvalue weighted by molar-refractivity contribution is -0.384. The second-order valence-corrected chi connectivity index (χ2v) is 5.14. The van der Waals surface area contributed by atoms with Crippen LogP contribution in [0.2, 0.25) is 0 Å². The Hall–Kier alpha value is -2.15. The fourth-order valence-electron chi connectivity index (χ4n) is 2.57. The summed E-state index contributed by atoms with van der Waals surface area (Å²) in [4.78, 5) is 24.5. The van der Waals surface area contributed by atoms with Crippen LogP contribution < -0.4 is 16.0 Å². The van der Waals surface area contributed by atoms with Gasteiger partial charge in [0.15, 0.2) is 0 Å². The van der Waals surface area contributed by atoms with E-state index < -0.39 is 4.92 Å². The Balaban J connectivity index is 2.05. The number of carbonyl (C=O) groups is 1. The highest BCUT2D eigenvalue weighted by atomic mass is 16.6. The average molecular weight is 292 g/mol. The van der Waals surface area contributed by atoms with Gasteiger partial charge >= 0.3 is 0 Å². The normalized spacial score (nSPS) is 18.3. The average Bonchev–Trinajstić information content (AvgIpc) is 2.52. The Bertz CT molecular complexity index is 521. The molecule has 7 nitrogen and oxygen atoms in total. The van der Waals surface area contributed by atoms with Crippen molar-refractivity contribution in [1.29, 1.82) is 0 Å². The number of non-ortho nitro benzene ring substituents is 1. The van der Waals surface area contributed by atoms with Crippen LogP contribution in [-0.2, 0) is 4.79 Å². The van der Waals surface area contributed by atoms with Crippen molar-refractivity contribution in [2.45, 2.75) is 12.8 Å². The van der Waals surface area contributed by atoms with Gasteiger partial charge in [-0.2, -0.15) is 0 Å². The third-order valence-corrected chi connectivity index (χ3v) is 3.64. The lowest BCUT2D eigenvalue weighted by Crippen LogP contribution is -2.44. The maximum absolute atomic E-state index is 12.0. The summed E-state index contributed by atoms with van der Waals surface area (Å²) in [5.74, 6) is -0.0832. The van der Waals surface area contributed by atoms with E-state index in [4.69, 9.17) is 5.73 Å². The number of amides is 1. The number of hydrogen-bond acceptors (Lipinski definition) is 5. The molecule has 1 aromatic rings. The first-order valence-corrected chi connectivity index (χ1v) is 7.09. The van der Waals surface area contributed by atoms with Gasteiger partial charge in [0.1, 0.15) is 0 Å². The van der Waals surface area contributed by atoms with Crippen molar-refractivity contribution in [3.63, 3.8) is 0 Å². The van der Waals surface area contributed by atoms with Crippen molar-refractivity contribution in [1.82, 2.24) is 5.32 Å². The molecule has 21 heavy (non-hydrogen) atoms. The van der Waals surface area contributed by atoms with Gasteiger partial charge in [-0.15, -0.1) is 0 Å². The fraction of sp³-hybridized carbons (Fsp3) is 0.500. The highest BCUT2D eigenvalue weighted by molar-refractivity contribution is 5.79. The number of benzene rings is 1. The first-order chi connectivity index (χ1) is 10.1. The molecule has 1 fully saturated rings. The summed E-state index contributed by atoms with van der Waals surface area (Å²) < 4.78 is 0. The van der Waals surface area contributed by atoms with E-state index in [0.717, 1.165) is 25.1 Å². The largest absolute Gasteiger partial charge is 0.371 e. The van der Waals surface area contributed by atoms with E-state index in [-0.39, 0.29) is 17.5 Å². The minimum Gasteiger partial charge on any atom is -0.371 e. The van der Waals surface area contributed by atoms with Crippen LogP contribution in [0.15, 0.2) is 24.3 Å². The van der Waals surface area contributed by atoms with Gasteiger partial charge in [0.05, 0.1) is 10.8 Å². The molecule has 7 heteroatoms. The summed E-state index contributed by atoms with van der Waals surface area (Å²) in [6.07, 6.45) is 1.73. The van der Waals surface area contributed by atoms with Crippen molar-refractivity contribution >= 4 is 17.3 Å². The van der Waals surface area contributed by atoms with Crippen molar-refractivity contribution < 1.29 is 9.72 Å². The van der Waals surface area contributed by atoms with E-state index in [0.29, 0.717) is 19.6 Å². The molecule has 0 radical (unpaired) electrons. The number of carbonyl (C=O) groups excluding carboxylic acids is 1. The summed E-state index contributed by atoms with van der Waals surface area (Å²) in [7, 11) is 0. The van der Waals surface area contributed by atoms with Crippen LogP contribution in [-0.4, -0.2) is 37.0 Å². The van der Waals surface area contributed by atoms with Gasteiger partial charge < -0.3 is 16.0 Å². The molecule has 1 aliphatic heterocycles. The molecule has 1 atom stereocenters. The lowest BCUT2D eigenvalue weighted by atomic mass is 9.96. The van der Waals surface area contributed by atoms with Crippen LogP contribution in [0.3, 0.4) is 0 Å². The number of nitrogens with one attached hydrogen (secondary N) is 1. The van der Waals surface area contributed by atoms with E-state index >= 15 is 0 Å². The van der Waals surface area contributed by atoms with E-state index in [1.807, 2.05) is 11.0 Å². The number of anilines is 1. The first kappa shape index (κ1) is 15.2. The quantitative estimate of drug-likeness (QED) is 0.620. The van der Waals surface area contributed by atoms with Gasteiger partial charge in [-0.05, 0) is 18.9 Å². The predicted molar refractivity (Wildman–Crippen MR) is 80.1 cm³/mol.